The van der Waals surface area contributed by atoms with Crippen molar-refractivity contribution in [3.63, 3.8) is 0 Å². The van der Waals surface area contributed by atoms with Gasteiger partial charge in [-0.05, 0) is 92.3 Å². The van der Waals surface area contributed by atoms with E-state index in [1.807, 2.05) is 0 Å². The van der Waals surface area contributed by atoms with Crippen LogP contribution in [0.1, 0.15) is 252 Å². The second kappa shape index (κ2) is 50.5. The molecule has 0 bridgehead atoms. The Morgan fingerprint density at radius 1 is 0.268 bits per heavy atom. The Labute approximate surface area is 365 Å². The van der Waals surface area contributed by atoms with Gasteiger partial charge in [0.15, 0.2) is 0 Å². The first-order valence-corrected chi connectivity index (χ1v) is 29.9. The van der Waals surface area contributed by atoms with Crippen LogP contribution in [0, 0.1) is 0 Å². The predicted octanol–water partition coefficient (Wildman–Crippen LogP) is 18.4. The molecular weight excluding hydrogens is 768 g/mol. The highest BCUT2D eigenvalue weighted by Gasteiger charge is 2.26. The third-order valence-corrected chi connectivity index (χ3v) is 15.7. The molecule has 0 saturated heterocycles. The van der Waals surface area contributed by atoms with E-state index in [1.54, 1.807) is 0 Å². The van der Waals surface area contributed by atoms with Crippen molar-refractivity contribution in [2.75, 3.05) is 54.3 Å². The monoisotopic (exact) mass is 867 g/mol. The van der Waals surface area contributed by atoms with Gasteiger partial charge in [-0.15, -0.1) is 0 Å². The van der Waals surface area contributed by atoms with Gasteiger partial charge in [0.05, 0.1) is 19.8 Å². The molecule has 0 atom stereocenters. The van der Waals surface area contributed by atoms with Crippen molar-refractivity contribution in [3.8, 4) is 0 Å². The lowest BCUT2D eigenvalue weighted by Gasteiger charge is -2.18. The van der Waals surface area contributed by atoms with E-state index in [2.05, 4.69) is 56.1 Å². The molecule has 0 rings (SSSR count). The Bertz CT molecular complexity index is 667. The van der Waals surface area contributed by atoms with Gasteiger partial charge in [-0.3, -0.25) is 13.6 Å². The Kier molecular flexibility index (Phi) is 51.6. The van der Waals surface area contributed by atoms with Crippen LogP contribution in [0.25, 0.3) is 0 Å². The van der Waals surface area contributed by atoms with Crippen LogP contribution in [0.4, 0.5) is 0 Å². The molecule has 0 aliphatic rings. The van der Waals surface area contributed by atoms with Crippen molar-refractivity contribution in [2.45, 2.75) is 252 Å². The molecule has 0 radical (unpaired) electrons. The second-order valence-electron chi connectivity index (χ2n) is 16.5. The summed E-state index contributed by atoms with van der Waals surface area (Å²) in [6.45, 7) is 8.25. The number of thioether (sulfide) groups is 3. The van der Waals surface area contributed by atoms with Crippen LogP contribution in [0.2, 0.25) is 0 Å². The molecule has 0 heterocycles. The first kappa shape index (κ1) is 57.2. The van der Waals surface area contributed by atoms with Crippen molar-refractivity contribution in [3.05, 3.63) is 0 Å². The Balaban J connectivity index is 4.08. The highest BCUT2D eigenvalue weighted by atomic mass is 32.2. The van der Waals surface area contributed by atoms with E-state index in [1.165, 1.54) is 210 Å². The molecule has 0 saturated carbocycles. The zero-order chi connectivity index (χ0) is 40.6. The molecule has 0 N–H and O–H groups in total. The van der Waals surface area contributed by atoms with Crippen LogP contribution in [0.15, 0.2) is 0 Å². The zero-order valence-electron chi connectivity index (χ0n) is 38.1. The van der Waals surface area contributed by atoms with Crippen molar-refractivity contribution in [2.24, 2.45) is 0 Å². The summed E-state index contributed by atoms with van der Waals surface area (Å²) in [6, 6.07) is 0. The first-order chi connectivity index (χ1) is 27.7. The maximum absolute atomic E-state index is 13.6. The zero-order valence-corrected chi connectivity index (χ0v) is 41.5. The molecule has 0 aliphatic heterocycles. The summed E-state index contributed by atoms with van der Waals surface area (Å²) in [5.41, 5.74) is 0. The summed E-state index contributed by atoms with van der Waals surface area (Å²) in [5, 5.41) is 0. The van der Waals surface area contributed by atoms with E-state index in [-0.39, 0.29) is 0 Å². The van der Waals surface area contributed by atoms with Crippen molar-refractivity contribution in [1.29, 1.82) is 0 Å². The normalized spacial score (nSPS) is 12.0. The van der Waals surface area contributed by atoms with E-state index in [9.17, 15) is 4.57 Å². The summed E-state index contributed by atoms with van der Waals surface area (Å²) in [5.74, 6) is 7.24. The van der Waals surface area contributed by atoms with E-state index >= 15 is 0 Å². The standard InChI is InChI=1S/C48H99O4PS3/c1-4-7-10-13-16-19-22-25-28-34-43-54-46-37-31-40-50-53(49,51-41-32-38-47-55-44-35-29-26-23-20-17-14-11-8-5-2)52-42-33-39-48-56-45-36-30-27-24-21-18-15-12-9-6-3/h4-48H2,1-3H3. The fourth-order valence-electron chi connectivity index (χ4n) is 6.94. The lowest BCUT2D eigenvalue weighted by molar-refractivity contribution is 0.110. The van der Waals surface area contributed by atoms with Gasteiger partial charge in [-0.1, -0.05) is 194 Å². The number of rotatable bonds is 51. The highest BCUT2D eigenvalue weighted by molar-refractivity contribution is 7.99. The van der Waals surface area contributed by atoms with Crippen LogP contribution < -0.4 is 0 Å². The summed E-state index contributed by atoms with van der Waals surface area (Å²) in [6.07, 6.45) is 47.9. The van der Waals surface area contributed by atoms with Gasteiger partial charge in [0.25, 0.3) is 0 Å². The lowest BCUT2D eigenvalue weighted by atomic mass is 10.1. The van der Waals surface area contributed by atoms with E-state index in [0.29, 0.717) is 19.8 Å². The third-order valence-electron chi connectivity index (χ3n) is 10.7. The number of hydrogen-bond donors (Lipinski definition) is 0. The molecule has 0 aromatic heterocycles. The topological polar surface area (TPSA) is 44.8 Å². The van der Waals surface area contributed by atoms with Gasteiger partial charge >= 0.3 is 7.82 Å². The summed E-state index contributed by atoms with van der Waals surface area (Å²) >= 11 is 6.19. The number of hydrogen-bond acceptors (Lipinski definition) is 7. The third kappa shape index (κ3) is 47.8. The largest absolute Gasteiger partial charge is 0.474 e. The van der Waals surface area contributed by atoms with Gasteiger partial charge in [-0.2, -0.15) is 35.3 Å². The molecule has 0 aromatic carbocycles. The first-order valence-electron chi connectivity index (χ1n) is 24.9. The summed E-state index contributed by atoms with van der Waals surface area (Å²) in [7, 11) is -3.50. The number of phosphoric acid groups is 1. The van der Waals surface area contributed by atoms with Gasteiger partial charge < -0.3 is 0 Å². The average Bonchev–Trinajstić information content (AvgIpc) is 3.20. The Hall–Kier alpha value is 1.16. The fraction of sp³-hybridized carbons (Fsp3) is 1.00. The van der Waals surface area contributed by atoms with Crippen LogP contribution >= 0.6 is 43.1 Å². The predicted molar refractivity (Wildman–Crippen MR) is 261 cm³/mol. The van der Waals surface area contributed by atoms with Crippen LogP contribution in [0.5, 0.6) is 0 Å². The summed E-state index contributed by atoms with van der Waals surface area (Å²) < 4.78 is 31.2. The minimum absolute atomic E-state index is 0.458. The second-order valence-corrected chi connectivity index (χ2v) is 21.8. The van der Waals surface area contributed by atoms with E-state index in [4.69, 9.17) is 13.6 Å². The van der Waals surface area contributed by atoms with E-state index < -0.39 is 7.82 Å². The molecule has 0 spiro atoms. The molecular formula is C48H99O4PS3. The lowest BCUT2D eigenvalue weighted by Crippen LogP contribution is -2.05. The van der Waals surface area contributed by atoms with Crippen molar-refractivity contribution in [1.82, 2.24) is 0 Å². The summed E-state index contributed by atoms with van der Waals surface area (Å²) in [4.78, 5) is 0. The van der Waals surface area contributed by atoms with E-state index in [0.717, 1.165) is 55.8 Å². The average molecular weight is 867 g/mol. The molecule has 0 fully saturated rings. The van der Waals surface area contributed by atoms with Crippen LogP contribution in [0.3, 0.4) is 0 Å². The molecule has 56 heavy (non-hydrogen) atoms. The van der Waals surface area contributed by atoms with Gasteiger partial charge in [0.1, 0.15) is 0 Å². The quantitative estimate of drug-likeness (QED) is 0.0446. The Morgan fingerprint density at radius 2 is 0.446 bits per heavy atom. The molecule has 0 aromatic rings. The van der Waals surface area contributed by atoms with Gasteiger partial charge in [-0.25, -0.2) is 4.57 Å². The molecule has 4 nitrogen and oxygen atoms in total. The maximum atomic E-state index is 13.6. The smallest absolute Gasteiger partial charge is 0.287 e. The van der Waals surface area contributed by atoms with Crippen LogP contribution in [-0.4, -0.2) is 54.3 Å². The van der Waals surface area contributed by atoms with Crippen molar-refractivity contribution >= 4 is 43.1 Å². The highest BCUT2D eigenvalue weighted by Crippen LogP contribution is 2.50. The number of unbranched alkanes of at least 4 members (excludes halogenated alkanes) is 30. The fourth-order valence-corrected chi connectivity index (χ4v) is 11.3. The van der Waals surface area contributed by atoms with Crippen molar-refractivity contribution < 1.29 is 18.1 Å². The minimum atomic E-state index is -3.50. The van der Waals surface area contributed by atoms with Crippen LogP contribution in [-0.2, 0) is 18.1 Å². The Morgan fingerprint density at radius 3 is 0.661 bits per heavy atom. The molecule has 8 heteroatoms. The van der Waals surface area contributed by atoms with Gasteiger partial charge in [0, 0.05) is 0 Å². The number of phosphoric ester groups is 1. The SMILES string of the molecule is CCCCCCCCCCCCSCCCCOP(=O)(OCCCCSCCCCCCCCCCCC)OCCCCSCCCCCCCCCCCC. The minimum Gasteiger partial charge on any atom is -0.287 e. The maximum Gasteiger partial charge on any atom is 0.474 e. The molecule has 0 unspecified atom stereocenters. The van der Waals surface area contributed by atoms with Gasteiger partial charge in [0.2, 0.25) is 0 Å². The molecule has 0 amide bonds. The molecule has 0 aliphatic carbocycles. The molecule has 338 valence electrons.